The quantitative estimate of drug-likeness (QED) is 0.661. The lowest BCUT2D eigenvalue weighted by Crippen LogP contribution is -2.03. The van der Waals surface area contributed by atoms with Gasteiger partial charge in [-0.25, -0.2) is 0 Å². The molecule has 100 valence electrons. The third-order valence-electron chi connectivity index (χ3n) is 3.92. The van der Waals surface area contributed by atoms with Gasteiger partial charge in [-0.05, 0) is 67.9 Å². The summed E-state index contributed by atoms with van der Waals surface area (Å²) in [5.41, 5.74) is 8.57. The van der Waals surface area contributed by atoms with Crippen LogP contribution in [0.1, 0.15) is 61.9 Å². The minimum Gasteiger partial charge on any atom is -0.290 e. The third-order valence-corrected chi connectivity index (χ3v) is 3.92. The van der Waals surface area contributed by atoms with Gasteiger partial charge in [-0.1, -0.05) is 26.8 Å². The van der Waals surface area contributed by atoms with Gasteiger partial charge in [0.05, 0.1) is 6.54 Å². The van der Waals surface area contributed by atoms with Crippen molar-refractivity contribution in [1.29, 1.82) is 0 Å². The van der Waals surface area contributed by atoms with Crippen molar-refractivity contribution in [2.75, 3.05) is 0 Å². The van der Waals surface area contributed by atoms with Crippen LogP contribution in [-0.2, 0) is 19.4 Å². The van der Waals surface area contributed by atoms with Crippen LogP contribution in [0.2, 0.25) is 0 Å². The minimum atomic E-state index is 0.847. The summed E-state index contributed by atoms with van der Waals surface area (Å²) >= 11 is 0. The van der Waals surface area contributed by atoms with Gasteiger partial charge in [0, 0.05) is 5.71 Å². The van der Waals surface area contributed by atoms with E-state index in [4.69, 9.17) is 4.99 Å². The van der Waals surface area contributed by atoms with E-state index in [2.05, 4.69) is 47.6 Å². The first kappa shape index (κ1) is 14.9. The molecule has 0 saturated heterocycles. The van der Waals surface area contributed by atoms with Crippen molar-refractivity contribution in [3.63, 3.8) is 0 Å². The van der Waals surface area contributed by atoms with Gasteiger partial charge in [-0.3, -0.25) is 4.99 Å². The van der Waals surface area contributed by atoms with E-state index in [0.717, 1.165) is 25.8 Å². The third kappa shape index (κ3) is 3.22. The van der Waals surface area contributed by atoms with Crippen molar-refractivity contribution in [3.05, 3.63) is 33.9 Å². The maximum absolute atomic E-state index is 4.70. The molecule has 0 aromatic heterocycles. The molecule has 0 unspecified atom stereocenters. The molecule has 0 N–H and O–H groups in total. The fraction of sp³-hybridized carbons (Fsp3) is 0.588. The molecular formula is C17H27N. The van der Waals surface area contributed by atoms with Crippen LogP contribution in [0.25, 0.3) is 0 Å². The highest BCUT2D eigenvalue weighted by molar-refractivity contribution is 5.81. The number of hydrogen-bond donors (Lipinski definition) is 0. The monoisotopic (exact) mass is 245 g/mol. The zero-order valence-electron chi connectivity index (χ0n) is 12.9. The molecular weight excluding hydrogens is 218 g/mol. The lowest BCUT2D eigenvalue weighted by molar-refractivity contribution is 0.945. The normalized spacial score (nSPS) is 12.0. The SMILES string of the molecule is CC/C(C)=N/Cc1c(C)cc(CC)c(C)c1CC. The van der Waals surface area contributed by atoms with Crippen molar-refractivity contribution in [2.24, 2.45) is 4.99 Å². The van der Waals surface area contributed by atoms with Crippen molar-refractivity contribution < 1.29 is 0 Å². The Labute approximate surface area is 112 Å². The van der Waals surface area contributed by atoms with Crippen molar-refractivity contribution in [3.8, 4) is 0 Å². The number of rotatable bonds is 5. The molecule has 1 aromatic rings. The number of nitrogens with zero attached hydrogens (tertiary/aromatic N) is 1. The van der Waals surface area contributed by atoms with E-state index in [1.165, 1.54) is 33.5 Å². The Hall–Kier alpha value is -1.11. The molecule has 0 spiro atoms. The molecule has 0 saturated carbocycles. The van der Waals surface area contributed by atoms with Crippen LogP contribution in [0.3, 0.4) is 0 Å². The highest BCUT2D eigenvalue weighted by Crippen LogP contribution is 2.24. The Morgan fingerprint density at radius 3 is 2.22 bits per heavy atom. The average Bonchev–Trinajstić information content (AvgIpc) is 2.38. The maximum atomic E-state index is 4.70. The molecule has 1 aromatic carbocycles. The highest BCUT2D eigenvalue weighted by Gasteiger charge is 2.10. The topological polar surface area (TPSA) is 12.4 Å². The van der Waals surface area contributed by atoms with Crippen LogP contribution in [0, 0.1) is 13.8 Å². The van der Waals surface area contributed by atoms with Crippen molar-refractivity contribution in [1.82, 2.24) is 0 Å². The predicted molar refractivity (Wildman–Crippen MR) is 81.8 cm³/mol. The first-order valence-corrected chi connectivity index (χ1v) is 7.15. The van der Waals surface area contributed by atoms with Crippen molar-refractivity contribution in [2.45, 2.75) is 67.3 Å². The number of hydrogen-bond acceptors (Lipinski definition) is 1. The fourth-order valence-corrected chi connectivity index (χ4v) is 2.51. The van der Waals surface area contributed by atoms with Gasteiger partial charge in [0.25, 0.3) is 0 Å². The van der Waals surface area contributed by atoms with Crippen LogP contribution in [-0.4, -0.2) is 5.71 Å². The molecule has 0 aliphatic carbocycles. The smallest absolute Gasteiger partial charge is 0.0644 e. The summed E-state index contributed by atoms with van der Waals surface area (Å²) in [7, 11) is 0. The van der Waals surface area contributed by atoms with Gasteiger partial charge in [0.1, 0.15) is 0 Å². The lowest BCUT2D eigenvalue weighted by Gasteiger charge is -2.17. The van der Waals surface area contributed by atoms with Crippen LogP contribution < -0.4 is 0 Å². The van der Waals surface area contributed by atoms with Gasteiger partial charge in [0.2, 0.25) is 0 Å². The molecule has 0 fully saturated rings. The van der Waals surface area contributed by atoms with Crippen LogP contribution in [0.4, 0.5) is 0 Å². The predicted octanol–water partition coefficient (Wildman–Crippen LogP) is 4.80. The number of benzene rings is 1. The largest absolute Gasteiger partial charge is 0.290 e. The molecule has 0 amide bonds. The Balaban J connectivity index is 3.22. The Morgan fingerprint density at radius 2 is 1.72 bits per heavy atom. The second kappa shape index (κ2) is 6.72. The first-order chi connectivity index (χ1) is 8.54. The summed E-state index contributed by atoms with van der Waals surface area (Å²) in [5.74, 6) is 0. The van der Waals surface area contributed by atoms with E-state index in [9.17, 15) is 0 Å². The Morgan fingerprint density at radius 1 is 1.06 bits per heavy atom. The molecule has 18 heavy (non-hydrogen) atoms. The second-order valence-corrected chi connectivity index (χ2v) is 5.05. The molecule has 0 heterocycles. The molecule has 0 radical (unpaired) electrons. The summed E-state index contributed by atoms with van der Waals surface area (Å²) in [6, 6.07) is 2.35. The van der Waals surface area contributed by atoms with Gasteiger partial charge in [-0.2, -0.15) is 0 Å². The summed E-state index contributed by atoms with van der Waals surface area (Å²) in [6.45, 7) is 14.1. The second-order valence-electron chi connectivity index (χ2n) is 5.05. The Kier molecular flexibility index (Phi) is 5.58. The molecule has 0 atom stereocenters. The van der Waals surface area contributed by atoms with Crippen LogP contribution in [0.5, 0.6) is 0 Å². The average molecular weight is 245 g/mol. The van der Waals surface area contributed by atoms with E-state index in [-0.39, 0.29) is 0 Å². The molecule has 1 heteroatoms. The van der Waals surface area contributed by atoms with E-state index in [0.29, 0.717) is 0 Å². The lowest BCUT2D eigenvalue weighted by atomic mass is 9.90. The van der Waals surface area contributed by atoms with Crippen LogP contribution in [0.15, 0.2) is 11.1 Å². The van der Waals surface area contributed by atoms with Gasteiger partial charge >= 0.3 is 0 Å². The standard InChI is InChI=1S/C17H27N/c1-7-13(5)18-11-17-12(4)10-15(8-2)14(6)16(17)9-3/h10H,7-9,11H2,1-6H3/b18-13+. The maximum Gasteiger partial charge on any atom is 0.0644 e. The first-order valence-electron chi connectivity index (χ1n) is 7.15. The Bertz CT molecular complexity index is 441. The minimum absolute atomic E-state index is 0.847. The summed E-state index contributed by atoms with van der Waals surface area (Å²) < 4.78 is 0. The molecule has 1 nitrogen and oxygen atoms in total. The van der Waals surface area contributed by atoms with E-state index in [1.807, 2.05) is 0 Å². The van der Waals surface area contributed by atoms with E-state index < -0.39 is 0 Å². The zero-order chi connectivity index (χ0) is 13.7. The molecule has 1 rings (SSSR count). The molecule has 0 bridgehead atoms. The fourth-order valence-electron chi connectivity index (χ4n) is 2.51. The van der Waals surface area contributed by atoms with Gasteiger partial charge in [0.15, 0.2) is 0 Å². The van der Waals surface area contributed by atoms with Crippen LogP contribution >= 0.6 is 0 Å². The number of aliphatic imine (C=N–C) groups is 1. The zero-order valence-corrected chi connectivity index (χ0v) is 12.9. The van der Waals surface area contributed by atoms with Gasteiger partial charge in [-0.15, -0.1) is 0 Å². The summed E-state index contributed by atoms with van der Waals surface area (Å²) in [6.07, 6.45) is 3.28. The van der Waals surface area contributed by atoms with E-state index >= 15 is 0 Å². The summed E-state index contributed by atoms with van der Waals surface area (Å²) in [5, 5.41) is 0. The van der Waals surface area contributed by atoms with Gasteiger partial charge < -0.3 is 0 Å². The molecule has 0 aliphatic rings. The van der Waals surface area contributed by atoms with E-state index in [1.54, 1.807) is 0 Å². The van der Waals surface area contributed by atoms with Crippen molar-refractivity contribution >= 4 is 5.71 Å². The summed E-state index contributed by atoms with van der Waals surface area (Å²) in [4.78, 5) is 4.70. The highest BCUT2D eigenvalue weighted by atomic mass is 14.7. The number of aryl methyl sites for hydroxylation is 2. The molecule has 0 aliphatic heterocycles.